The van der Waals surface area contributed by atoms with Gasteiger partial charge in [-0.3, -0.25) is 9.89 Å². The molecule has 140 valence electrons. The Hall–Kier alpha value is -2.15. The van der Waals surface area contributed by atoms with Crippen molar-refractivity contribution < 1.29 is 9.53 Å². The van der Waals surface area contributed by atoms with E-state index in [1.54, 1.807) is 12.4 Å². The van der Waals surface area contributed by atoms with Crippen LogP contribution in [0.25, 0.3) is 11.0 Å². The molecule has 3 heterocycles. The molecule has 4 rings (SSSR count). The Morgan fingerprint density at radius 2 is 2.04 bits per heavy atom. The lowest BCUT2D eigenvalue weighted by molar-refractivity contribution is 0.0694. The maximum atomic E-state index is 13.4. The predicted molar refractivity (Wildman–Crippen MR) is 100 cm³/mol. The fraction of sp³-hybridized carbons (Fsp3) is 0.632. The van der Waals surface area contributed by atoms with Crippen molar-refractivity contribution in [1.29, 1.82) is 0 Å². The molecule has 0 aromatic carbocycles. The van der Waals surface area contributed by atoms with E-state index in [0.29, 0.717) is 23.3 Å². The molecule has 0 unspecified atom stereocenters. The van der Waals surface area contributed by atoms with Crippen molar-refractivity contribution >= 4 is 22.6 Å². The number of carbonyl (C=O) groups excluding carboxylic acids is 1. The molecule has 1 amide bonds. The van der Waals surface area contributed by atoms with Crippen LogP contribution in [0.2, 0.25) is 0 Å². The third-order valence-corrected chi connectivity index (χ3v) is 5.65. The summed E-state index contributed by atoms with van der Waals surface area (Å²) in [5, 5.41) is 11.5. The Morgan fingerprint density at radius 3 is 2.77 bits per heavy atom. The summed E-state index contributed by atoms with van der Waals surface area (Å²) in [6.45, 7) is 4.29. The maximum Gasteiger partial charge on any atom is 0.257 e. The van der Waals surface area contributed by atoms with Crippen molar-refractivity contribution in [3.63, 3.8) is 0 Å². The Bertz CT molecular complexity index is 762. The quantitative estimate of drug-likeness (QED) is 0.860. The molecular formula is C19H27N5O2. The van der Waals surface area contributed by atoms with Gasteiger partial charge in [-0.1, -0.05) is 12.8 Å². The van der Waals surface area contributed by atoms with Gasteiger partial charge in [0.05, 0.1) is 22.8 Å². The predicted octanol–water partition coefficient (Wildman–Crippen LogP) is 2.95. The monoisotopic (exact) mass is 357 g/mol. The fourth-order valence-electron chi connectivity index (χ4n) is 4.20. The summed E-state index contributed by atoms with van der Waals surface area (Å²) in [4.78, 5) is 19.8. The van der Waals surface area contributed by atoms with Gasteiger partial charge in [-0.25, -0.2) is 4.98 Å². The molecule has 0 radical (unpaired) electrons. The first kappa shape index (κ1) is 17.3. The molecule has 2 aromatic heterocycles. The second-order valence-corrected chi connectivity index (χ2v) is 7.24. The van der Waals surface area contributed by atoms with Crippen LogP contribution < -0.4 is 5.32 Å². The Morgan fingerprint density at radius 1 is 1.27 bits per heavy atom. The molecule has 7 heteroatoms. The van der Waals surface area contributed by atoms with E-state index in [9.17, 15) is 4.79 Å². The molecule has 2 N–H and O–H groups in total. The highest BCUT2D eigenvalue weighted by Crippen LogP contribution is 2.30. The third-order valence-electron chi connectivity index (χ3n) is 5.65. The normalized spacial score (nSPS) is 19.1. The van der Waals surface area contributed by atoms with Crippen LogP contribution in [0.1, 0.15) is 55.8 Å². The van der Waals surface area contributed by atoms with E-state index in [-0.39, 0.29) is 5.91 Å². The van der Waals surface area contributed by atoms with E-state index < -0.39 is 0 Å². The van der Waals surface area contributed by atoms with Gasteiger partial charge >= 0.3 is 0 Å². The first-order valence-electron chi connectivity index (χ1n) is 9.75. The largest absolute Gasteiger partial charge is 0.381 e. The molecule has 7 nitrogen and oxygen atoms in total. The van der Waals surface area contributed by atoms with Crippen LogP contribution in [0.4, 0.5) is 5.69 Å². The van der Waals surface area contributed by atoms with Gasteiger partial charge in [0.25, 0.3) is 5.91 Å². The minimum Gasteiger partial charge on any atom is -0.381 e. The molecule has 1 saturated carbocycles. The highest BCUT2D eigenvalue weighted by molar-refractivity contribution is 6.06. The summed E-state index contributed by atoms with van der Waals surface area (Å²) in [6, 6.07) is 0.654. The Kier molecular flexibility index (Phi) is 5.06. The molecule has 26 heavy (non-hydrogen) atoms. The van der Waals surface area contributed by atoms with E-state index in [4.69, 9.17) is 4.74 Å². The first-order valence-corrected chi connectivity index (χ1v) is 9.75. The minimum absolute atomic E-state index is 0.0737. The minimum atomic E-state index is 0.0737. The average molecular weight is 357 g/mol. The lowest BCUT2D eigenvalue weighted by Gasteiger charge is -2.30. The zero-order valence-corrected chi connectivity index (χ0v) is 15.3. The van der Waals surface area contributed by atoms with Crippen LogP contribution >= 0.6 is 0 Å². The number of nitrogens with zero attached hydrogens (tertiary/aromatic N) is 3. The third kappa shape index (κ3) is 3.28. The van der Waals surface area contributed by atoms with E-state index in [2.05, 4.69) is 27.4 Å². The van der Waals surface area contributed by atoms with Crippen LogP contribution in [-0.2, 0) is 4.74 Å². The summed E-state index contributed by atoms with van der Waals surface area (Å²) < 4.78 is 5.46. The molecule has 0 spiro atoms. The molecule has 2 aliphatic rings. The van der Waals surface area contributed by atoms with Crippen molar-refractivity contribution in [3.05, 3.63) is 18.0 Å². The van der Waals surface area contributed by atoms with Crippen LogP contribution in [0, 0.1) is 0 Å². The van der Waals surface area contributed by atoms with Crippen LogP contribution in [0.15, 0.2) is 12.4 Å². The smallest absolute Gasteiger partial charge is 0.257 e. The van der Waals surface area contributed by atoms with Crippen molar-refractivity contribution in [2.75, 3.05) is 25.1 Å². The van der Waals surface area contributed by atoms with Crippen molar-refractivity contribution in [1.82, 2.24) is 20.1 Å². The Labute approximate surface area is 153 Å². The van der Waals surface area contributed by atoms with E-state index in [1.165, 1.54) is 12.8 Å². The summed E-state index contributed by atoms with van der Waals surface area (Å²) in [5.74, 6) is 0.0737. The molecule has 0 bridgehead atoms. The average Bonchev–Trinajstić information content (AvgIpc) is 3.35. The molecule has 1 saturated heterocycles. The van der Waals surface area contributed by atoms with E-state index >= 15 is 0 Å². The molecule has 0 atom stereocenters. The number of pyridine rings is 1. The summed E-state index contributed by atoms with van der Waals surface area (Å²) in [6.07, 6.45) is 9.95. The van der Waals surface area contributed by atoms with Crippen molar-refractivity contribution in [2.45, 2.75) is 57.5 Å². The second kappa shape index (κ2) is 7.61. The standard InChI is InChI=1S/C19H27N5O2/c1-2-24(14-5-3-4-6-14)19(25)16-11-20-18-15(12-21-23-18)17(16)22-13-7-9-26-10-8-13/h11-14H,2-10H2,1H3,(H2,20,21,22,23). The van der Waals surface area contributed by atoms with Gasteiger partial charge in [0.15, 0.2) is 5.65 Å². The van der Waals surface area contributed by atoms with Crippen LogP contribution in [0.3, 0.4) is 0 Å². The van der Waals surface area contributed by atoms with Gasteiger partial charge in [-0.2, -0.15) is 5.10 Å². The number of hydrogen-bond donors (Lipinski definition) is 2. The van der Waals surface area contributed by atoms with Crippen molar-refractivity contribution in [2.24, 2.45) is 0 Å². The number of fused-ring (bicyclic) bond motifs is 1. The SMILES string of the molecule is CCN(C(=O)c1cnc2[nH]ncc2c1NC1CCOCC1)C1CCCC1. The van der Waals surface area contributed by atoms with Gasteiger partial charge in [0, 0.05) is 38.0 Å². The second-order valence-electron chi connectivity index (χ2n) is 7.24. The van der Waals surface area contributed by atoms with Gasteiger partial charge in [-0.15, -0.1) is 0 Å². The number of aromatic nitrogens is 3. The topological polar surface area (TPSA) is 83.1 Å². The van der Waals surface area contributed by atoms with Crippen LogP contribution in [-0.4, -0.2) is 57.8 Å². The zero-order valence-electron chi connectivity index (χ0n) is 15.3. The van der Waals surface area contributed by atoms with Gasteiger partial charge < -0.3 is 15.0 Å². The number of anilines is 1. The summed E-state index contributed by atoms with van der Waals surface area (Å²) >= 11 is 0. The fourth-order valence-corrected chi connectivity index (χ4v) is 4.20. The summed E-state index contributed by atoms with van der Waals surface area (Å²) in [5.41, 5.74) is 2.22. The molecule has 2 aromatic rings. The molecule has 1 aliphatic carbocycles. The number of amides is 1. The van der Waals surface area contributed by atoms with E-state index in [1.807, 2.05) is 4.90 Å². The number of nitrogens with one attached hydrogen (secondary N) is 2. The number of H-pyrrole nitrogens is 1. The highest BCUT2D eigenvalue weighted by Gasteiger charge is 2.29. The van der Waals surface area contributed by atoms with Crippen LogP contribution in [0.5, 0.6) is 0 Å². The Balaban J connectivity index is 1.68. The lowest BCUT2D eigenvalue weighted by atomic mass is 10.1. The maximum absolute atomic E-state index is 13.4. The number of rotatable bonds is 5. The number of aromatic amines is 1. The van der Waals surface area contributed by atoms with Crippen molar-refractivity contribution in [3.8, 4) is 0 Å². The highest BCUT2D eigenvalue weighted by atomic mass is 16.5. The van der Waals surface area contributed by atoms with Gasteiger partial charge in [0.1, 0.15) is 0 Å². The van der Waals surface area contributed by atoms with Gasteiger partial charge in [0.2, 0.25) is 0 Å². The summed E-state index contributed by atoms with van der Waals surface area (Å²) in [7, 11) is 0. The lowest BCUT2D eigenvalue weighted by Crippen LogP contribution is -2.39. The molecular weight excluding hydrogens is 330 g/mol. The number of carbonyl (C=O) groups is 1. The number of ether oxygens (including phenoxy) is 1. The van der Waals surface area contributed by atoms with Gasteiger partial charge in [-0.05, 0) is 32.6 Å². The molecule has 2 fully saturated rings. The van der Waals surface area contributed by atoms with E-state index in [0.717, 1.165) is 56.5 Å². The zero-order chi connectivity index (χ0) is 17.9. The first-order chi connectivity index (χ1) is 12.8. The molecule has 1 aliphatic heterocycles. The number of hydrogen-bond acceptors (Lipinski definition) is 5.